The number of piperazine rings is 1. The number of hydrogen-bond acceptors (Lipinski definition) is 4. The van der Waals surface area contributed by atoms with Crippen LogP contribution >= 0.6 is 0 Å². The van der Waals surface area contributed by atoms with Crippen molar-refractivity contribution >= 4 is 11.6 Å². The molecular weight excluding hydrogens is 254 g/mol. The zero-order chi connectivity index (χ0) is 14.4. The normalized spacial score (nSPS) is 17.3. The van der Waals surface area contributed by atoms with E-state index in [1.54, 1.807) is 0 Å². The van der Waals surface area contributed by atoms with E-state index in [1.165, 1.54) is 0 Å². The monoisotopic (exact) mass is 277 g/mol. The average molecular weight is 277 g/mol. The van der Waals surface area contributed by atoms with E-state index in [4.69, 9.17) is 10.8 Å². The van der Waals surface area contributed by atoms with E-state index in [-0.39, 0.29) is 6.61 Å². The van der Waals surface area contributed by atoms with Gasteiger partial charge in [0, 0.05) is 32.7 Å². The number of anilines is 1. The number of β-amino-alcohol motifs (C(OH)–C–C–N with tert-alkyl or cyclic N) is 1. The molecule has 6 nitrogen and oxygen atoms in total. The Hall–Kier alpha value is -1.79. The largest absolute Gasteiger partial charge is 0.395 e. The molecule has 1 heterocycles. The Morgan fingerprint density at radius 1 is 1.30 bits per heavy atom. The molecule has 0 spiro atoms. The van der Waals surface area contributed by atoms with E-state index in [9.17, 15) is 0 Å². The van der Waals surface area contributed by atoms with Crippen LogP contribution in [0.15, 0.2) is 29.4 Å². The van der Waals surface area contributed by atoms with Crippen LogP contribution in [-0.4, -0.2) is 60.2 Å². The second-order valence-corrected chi connectivity index (χ2v) is 4.95. The summed E-state index contributed by atoms with van der Waals surface area (Å²) in [4.78, 5) is 4.28. The van der Waals surface area contributed by atoms with Gasteiger partial charge >= 0.3 is 0 Å². The van der Waals surface area contributed by atoms with Crippen LogP contribution in [0.2, 0.25) is 0 Å². The number of nitrogens with one attached hydrogen (secondary N) is 1. The van der Waals surface area contributed by atoms with Gasteiger partial charge in [0.2, 0.25) is 5.96 Å². The van der Waals surface area contributed by atoms with Crippen molar-refractivity contribution < 1.29 is 5.11 Å². The minimum absolute atomic E-state index is 0.207. The van der Waals surface area contributed by atoms with E-state index in [0.29, 0.717) is 5.96 Å². The molecule has 1 aromatic rings. The highest BCUT2D eigenvalue weighted by Gasteiger charge is 2.17. The fourth-order valence-corrected chi connectivity index (χ4v) is 2.23. The van der Waals surface area contributed by atoms with Crippen molar-refractivity contribution in [2.75, 3.05) is 44.8 Å². The predicted molar refractivity (Wildman–Crippen MR) is 81.5 cm³/mol. The number of hydrazone groups is 1. The molecule has 1 aliphatic rings. The zero-order valence-electron chi connectivity index (χ0n) is 11.9. The molecule has 0 saturated carbocycles. The first-order chi connectivity index (χ1) is 9.70. The lowest BCUT2D eigenvalue weighted by Gasteiger charge is -2.34. The number of benzene rings is 1. The van der Waals surface area contributed by atoms with Gasteiger partial charge in [-0.25, -0.2) is 0 Å². The van der Waals surface area contributed by atoms with Crippen LogP contribution in [0.5, 0.6) is 0 Å². The van der Waals surface area contributed by atoms with E-state index in [1.807, 2.05) is 31.2 Å². The summed E-state index contributed by atoms with van der Waals surface area (Å²) in [6.45, 7) is 6.45. The summed E-state index contributed by atoms with van der Waals surface area (Å²) in [6.07, 6.45) is 0. The fourth-order valence-electron chi connectivity index (χ4n) is 2.23. The molecule has 20 heavy (non-hydrogen) atoms. The second-order valence-electron chi connectivity index (χ2n) is 4.95. The van der Waals surface area contributed by atoms with Crippen molar-refractivity contribution in [2.45, 2.75) is 6.92 Å². The highest BCUT2D eigenvalue weighted by atomic mass is 16.3. The number of guanidine groups is 1. The smallest absolute Gasteiger partial charge is 0.214 e. The highest BCUT2D eigenvalue weighted by molar-refractivity contribution is 5.79. The molecule has 110 valence electrons. The molecule has 1 aliphatic heterocycles. The standard InChI is InChI=1S/C14H23N5O/c1-12-4-2-3-5-13(12)16-17-14(15)19-8-6-18(7-9-19)10-11-20/h2-5,16,20H,6-11H2,1H3,(H2,15,17). The summed E-state index contributed by atoms with van der Waals surface area (Å²) < 4.78 is 0. The molecule has 4 N–H and O–H groups in total. The number of aliphatic hydroxyl groups excluding tert-OH is 1. The van der Waals surface area contributed by atoms with Crippen LogP contribution in [0.25, 0.3) is 0 Å². The van der Waals surface area contributed by atoms with Crippen molar-refractivity contribution in [1.29, 1.82) is 0 Å². The predicted octanol–water partition coefficient (Wildman–Crippen LogP) is 0.247. The number of aryl methyl sites for hydroxylation is 1. The Bertz CT molecular complexity index is 455. The van der Waals surface area contributed by atoms with Crippen molar-refractivity contribution in [3.63, 3.8) is 0 Å². The molecule has 1 fully saturated rings. The number of para-hydroxylation sites is 1. The van der Waals surface area contributed by atoms with Gasteiger partial charge in [-0.05, 0) is 18.6 Å². The molecule has 0 amide bonds. The van der Waals surface area contributed by atoms with Gasteiger partial charge in [-0.15, -0.1) is 5.10 Å². The average Bonchev–Trinajstić information content (AvgIpc) is 2.47. The third-order valence-corrected chi connectivity index (χ3v) is 3.55. The molecule has 0 aromatic heterocycles. The first kappa shape index (κ1) is 14.6. The van der Waals surface area contributed by atoms with E-state index in [0.717, 1.165) is 44.0 Å². The first-order valence-electron chi connectivity index (χ1n) is 6.93. The molecule has 1 aromatic carbocycles. The van der Waals surface area contributed by atoms with Crippen molar-refractivity contribution in [2.24, 2.45) is 10.8 Å². The third-order valence-electron chi connectivity index (χ3n) is 3.55. The van der Waals surface area contributed by atoms with E-state index >= 15 is 0 Å². The van der Waals surface area contributed by atoms with Crippen LogP contribution in [0.4, 0.5) is 5.69 Å². The Labute approximate surface area is 119 Å². The molecule has 2 rings (SSSR count). The summed E-state index contributed by atoms with van der Waals surface area (Å²) in [5, 5.41) is 13.2. The molecule has 0 radical (unpaired) electrons. The maximum atomic E-state index is 8.92. The SMILES string of the molecule is Cc1ccccc1N/N=C(\N)N1CCN(CCO)CC1. The number of nitrogens with two attached hydrogens (primary N) is 1. The van der Waals surface area contributed by atoms with Gasteiger partial charge in [0.25, 0.3) is 0 Å². The molecular formula is C14H23N5O. The van der Waals surface area contributed by atoms with Crippen molar-refractivity contribution in [1.82, 2.24) is 9.80 Å². The van der Waals surface area contributed by atoms with Gasteiger partial charge in [0.05, 0.1) is 12.3 Å². The quantitative estimate of drug-likeness (QED) is 0.418. The van der Waals surface area contributed by atoms with Crippen LogP contribution in [0.3, 0.4) is 0 Å². The lowest BCUT2D eigenvalue weighted by atomic mass is 10.2. The fraction of sp³-hybridized carbons (Fsp3) is 0.500. The highest BCUT2D eigenvalue weighted by Crippen LogP contribution is 2.12. The Kier molecular flexibility index (Phi) is 5.20. The van der Waals surface area contributed by atoms with Gasteiger partial charge in [0.15, 0.2) is 0 Å². The van der Waals surface area contributed by atoms with Crippen LogP contribution in [0, 0.1) is 6.92 Å². The summed E-state index contributed by atoms with van der Waals surface area (Å²) in [5.41, 5.74) is 11.1. The summed E-state index contributed by atoms with van der Waals surface area (Å²) in [5.74, 6) is 0.511. The van der Waals surface area contributed by atoms with Crippen molar-refractivity contribution in [3.05, 3.63) is 29.8 Å². The number of hydrogen-bond donors (Lipinski definition) is 3. The lowest BCUT2D eigenvalue weighted by molar-refractivity contribution is 0.146. The minimum atomic E-state index is 0.207. The molecule has 0 aliphatic carbocycles. The van der Waals surface area contributed by atoms with Crippen LogP contribution < -0.4 is 11.2 Å². The first-order valence-corrected chi connectivity index (χ1v) is 6.93. The number of nitrogens with zero attached hydrogens (tertiary/aromatic N) is 3. The molecule has 0 atom stereocenters. The Balaban J connectivity index is 1.87. The Morgan fingerprint density at radius 3 is 2.65 bits per heavy atom. The topological polar surface area (TPSA) is 77.1 Å². The number of rotatable bonds is 4. The van der Waals surface area contributed by atoms with E-state index in [2.05, 4.69) is 20.3 Å². The summed E-state index contributed by atoms with van der Waals surface area (Å²) in [6, 6.07) is 7.97. The van der Waals surface area contributed by atoms with Crippen LogP contribution in [0.1, 0.15) is 5.56 Å². The van der Waals surface area contributed by atoms with Gasteiger partial charge in [0.1, 0.15) is 0 Å². The summed E-state index contributed by atoms with van der Waals surface area (Å²) >= 11 is 0. The molecule has 6 heteroatoms. The number of aliphatic hydroxyl groups is 1. The van der Waals surface area contributed by atoms with Gasteiger partial charge in [-0.1, -0.05) is 18.2 Å². The van der Waals surface area contributed by atoms with Crippen LogP contribution in [-0.2, 0) is 0 Å². The minimum Gasteiger partial charge on any atom is -0.395 e. The Morgan fingerprint density at radius 2 is 2.00 bits per heavy atom. The molecule has 0 bridgehead atoms. The van der Waals surface area contributed by atoms with E-state index < -0.39 is 0 Å². The summed E-state index contributed by atoms with van der Waals surface area (Å²) in [7, 11) is 0. The van der Waals surface area contributed by atoms with Gasteiger partial charge in [-0.2, -0.15) is 0 Å². The van der Waals surface area contributed by atoms with Crippen molar-refractivity contribution in [3.8, 4) is 0 Å². The third kappa shape index (κ3) is 3.85. The maximum absolute atomic E-state index is 8.92. The molecule has 0 unspecified atom stereocenters. The maximum Gasteiger partial charge on any atom is 0.214 e. The van der Waals surface area contributed by atoms with Gasteiger partial charge < -0.3 is 15.7 Å². The second kappa shape index (κ2) is 7.12. The lowest BCUT2D eigenvalue weighted by Crippen LogP contribution is -2.51. The zero-order valence-corrected chi connectivity index (χ0v) is 11.9. The van der Waals surface area contributed by atoms with Gasteiger partial charge in [-0.3, -0.25) is 10.3 Å². The molecule has 1 saturated heterocycles.